The van der Waals surface area contributed by atoms with Crippen LogP contribution < -0.4 is 10.5 Å². The number of likely N-dealkylation sites (tertiary alicyclic amines) is 1. The second-order valence-electron chi connectivity index (χ2n) is 6.94. The van der Waals surface area contributed by atoms with E-state index in [4.69, 9.17) is 15.0 Å². The molecule has 1 aromatic carbocycles. The normalized spacial score (nSPS) is 21.5. The van der Waals surface area contributed by atoms with Crippen LogP contribution in [-0.4, -0.2) is 41.3 Å². The largest absolute Gasteiger partial charge is 0.491 e. The van der Waals surface area contributed by atoms with Crippen LogP contribution in [-0.2, 0) is 11.7 Å². The van der Waals surface area contributed by atoms with Gasteiger partial charge >= 0.3 is 6.18 Å². The Kier molecular flexibility index (Phi) is 4.70. The summed E-state index contributed by atoms with van der Waals surface area (Å²) in [4.78, 5) is 6.17. The molecule has 0 amide bonds. The Bertz CT molecular complexity index is 791. The number of aromatic nitrogens is 2. The Morgan fingerprint density at radius 2 is 2.08 bits per heavy atom. The summed E-state index contributed by atoms with van der Waals surface area (Å²) in [6.45, 7) is 4.74. The zero-order valence-corrected chi connectivity index (χ0v) is 14.8. The SMILES string of the molecule is CC(C)Oc1ccc(-c2noc(C3(N)CCN(C)C3)n2)c(C(F)(F)F)c1. The molecule has 0 spiro atoms. The molecule has 1 aliphatic rings. The van der Waals surface area contributed by atoms with E-state index in [1.54, 1.807) is 13.8 Å². The minimum absolute atomic E-state index is 0.132. The van der Waals surface area contributed by atoms with Crippen molar-refractivity contribution in [2.75, 3.05) is 20.1 Å². The third-order valence-corrected chi connectivity index (χ3v) is 4.25. The Balaban J connectivity index is 1.99. The summed E-state index contributed by atoms with van der Waals surface area (Å²) in [6.07, 6.45) is -4.23. The molecule has 1 saturated heterocycles. The highest BCUT2D eigenvalue weighted by molar-refractivity contribution is 5.62. The fourth-order valence-corrected chi connectivity index (χ4v) is 3.04. The zero-order valence-electron chi connectivity index (χ0n) is 14.8. The van der Waals surface area contributed by atoms with Crippen LogP contribution in [0.3, 0.4) is 0 Å². The highest BCUT2D eigenvalue weighted by Gasteiger charge is 2.41. The van der Waals surface area contributed by atoms with Crippen molar-refractivity contribution in [3.63, 3.8) is 0 Å². The maximum Gasteiger partial charge on any atom is 0.417 e. The van der Waals surface area contributed by atoms with E-state index in [2.05, 4.69) is 10.1 Å². The first-order chi connectivity index (χ1) is 12.1. The van der Waals surface area contributed by atoms with Crippen molar-refractivity contribution >= 4 is 0 Å². The Morgan fingerprint density at radius 1 is 1.35 bits per heavy atom. The molecule has 142 valence electrons. The van der Waals surface area contributed by atoms with E-state index in [9.17, 15) is 13.2 Å². The van der Waals surface area contributed by atoms with Gasteiger partial charge in [-0.25, -0.2) is 0 Å². The third kappa shape index (κ3) is 3.68. The predicted molar refractivity (Wildman–Crippen MR) is 88.5 cm³/mol. The summed E-state index contributed by atoms with van der Waals surface area (Å²) in [5, 5.41) is 3.74. The summed E-state index contributed by atoms with van der Waals surface area (Å²) in [7, 11) is 1.90. The van der Waals surface area contributed by atoms with Gasteiger partial charge in [0.2, 0.25) is 11.7 Å². The van der Waals surface area contributed by atoms with Gasteiger partial charge in [-0.3, -0.25) is 0 Å². The fraction of sp³-hybridized carbons (Fsp3) is 0.529. The molecule has 2 aromatic rings. The molecule has 2 N–H and O–H groups in total. The molecule has 0 aliphatic carbocycles. The van der Waals surface area contributed by atoms with Gasteiger partial charge in [0.15, 0.2) is 0 Å². The van der Waals surface area contributed by atoms with Crippen LogP contribution in [0.2, 0.25) is 0 Å². The summed E-state index contributed by atoms with van der Waals surface area (Å²) in [5.74, 6) is 0.141. The van der Waals surface area contributed by atoms with E-state index in [0.717, 1.165) is 12.6 Å². The van der Waals surface area contributed by atoms with E-state index < -0.39 is 17.3 Å². The van der Waals surface area contributed by atoms with Crippen LogP contribution in [0.4, 0.5) is 13.2 Å². The molecule has 1 aromatic heterocycles. The molecule has 1 atom stereocenters. The van der Waals surface area contributed by atoms with E-state index in [1.807, 2.05) is 11.9 Å². The van der Waals surface area contributed by atoms with Crippen molar-refractivity contribution in [3.8, 4) is 17.1 Å². The maximum absolute atomic E-state index is 13.5. The van der Waals surface area contributed by atoms with Crippen molar-refractivity contribution in [1.29, 1.82) is 0 Å². The molecule has 9 heteroatoms. The van der Waals surface area contributed by atoms with Crippen LogP contribution in [0.25, 0.3) is 11.4 Å². The molecule has 0 radical (unpaired) electrons. The lowest BCUT2D eigenvalue weighted by atomic mass is 10.0. The molecule has 2 heterocycles. The van der Waals surface area contributed by atoms with Crippen LogP contribution >= 0.6 is 0 Å². The van der Waals surface area contributed by atoms with Crippen molar-refractivity contribution in [3.05, 3.63) is 29.7 Å². The number of rotatable bonds is 4. The minimum atomic E-state index is -4.58. The number of nitrogens with zero attached hydrogens (tertiary/aromatic N) is 3. The zero-order chi connectivity index (χ0) is 19.1. The lowest BCUT2D eigenvalue weighted by Gasteiger charge is -2.18. The van der Waals surface area contributed by atoms with E-state index >= 15 is 0 Å². The monoisotopic (exact) mass is 370 g/mol. The predicted octanol–water partition coefficient (Wildman–Crippen LogP) is 3.03. The van der Waals surface area contributed by atoms with Crippen molar-refractivity contribution in [2.24, 2.45) is 5.73 Å². The fourth-order valence-electron chi connectivity index (χ4n) is 3.04. The lowest BCUT2D eigenvalue weighted by molar-refractivity contribution is -0.137. The van der Waals surface area contributed by atoms with Crippen LogP contribution in [0.5, 0.6) is 5.75 Å². The number of halogens is 3. The molecule has 26 heavy (non-hydrogen) atoms. The first kappa shape index (κ1) is 18.7. The second-order valence-corrected chi connectivity index (χ2v) is 6.94. The molecular formula is C17H21F3N4O2. The van der Waals surface area contributed by atoms with Crippen molar-refractivity contribution in [2.45, 2.75) is 38.1 Å². The molecule has 1 unspecified atom stereocenters. The topological polar surface area (TPSA) is 77.4 Å². The number of ether oxygens (including phenoxy) is 1. The smallest absolute Gasteiger partial charge is 0.417 e. The first-order valence-electron chi connectivity index (χ1n) is 8.28. The van der Waals surface area contributed by atoms with Crippen molar-refractivity contribution < 1.29 is 22.4 Å². The third-order valence-electron chi connectivity index (χ3n) is 4.25. The average Bonchev–Trinajstić information content (AvgIpc) is 3.14. The van der Waals surface area contributed by atoms with Crippen LogP contribution in [0.1, 0.15) is 31.7 Å². The van der Waals surface area contributed by atoms with E-state index in [-0.39, 0.29) is 29.1 Å². The van der Waals surface area contributed by atoms with Gasteiger partial charge in [-0.15, -0.1) is 0 Å². The first-order valence-corrected chi connectivity index (χ1v) is 8.28. The quantitative estimate of drug-likeness (QED) is 0.891. The van der Waals surface area contributed by atoms with Gasteiger partial charge in [0.1, 0.15) is 11.3 Å². The highest BCUT2D eigenvalue weighted by Crippen LogP contribution is 2.39. The Hall–Kier alpha value is -2.13. The minimum Gasteiger partial charge on any atom is -0.491 e. The summed E-state index contributed by atoms with van der Waals surface area (Å²) in [5.41, 5.74) is 4.39. The number of nitrogens with two attached hydrogens (primary N) is 1. The van der Waals surface area contributed by atoms with Gasteiger partial charge in [-0.05, 0) is 45.5 Å². The number of hydrogen-bond acceptors (Lipinski definition) is 6. The Labute approximate surface area is 149 Å². The number of likely N-dealkylation sites (N-methyl/N-ethyl adjacent to an activating group) is 1. The standard InChI is InChI=1S/C17H21F3N4O2/c1-10(2)25-11-4-5-12(13(8-11)17(18,19)20)14-22-15(26-23-14)16(21)6-7-24(3)9-16/h4-5,8,10H,6-7,9,21H2,1-3H3. The van der Waals surface area contributed by atoms with E-state index in [0.29, 0.717) is 13.0 Å². The van der Waals surface area contributed by atoms with Gasteiger partial charge in [0.25, 0.3) is 0 Å². The number of benzene rings is 1. The van der Waals surface area contributed by atoms with E-state index in [1.165, 1.54) is 12.1 Å². The van der Waals surface area contributed by atoms with Gasteiger partial charge in [0.05, 0.1) is 11.7 Å². The maximum atomic E-state index is 13.5. The number of alkyl halides is 3. The molecular weight excluding hydrogens is 349 g/mol. The van der Waals surface area contributed by atoms with Gasteiger partial charge < -0.3 is 19.9 Å². The summed E-state index contributed by atoms with van der Waals surface area (Å²) >= 11 is 0. The number of hydrogen-bond donors (Lipinski definition) is 1. The molecule has 1 fully saturated rings. The molecule has 1 aliphatic heterocycles. The van der Waals surface area contributed by atoms with Gasteiger partial charge in [0, 0.05) is 18.7 Å². The summed E-state index contributed by atoms with van der Waals surface area (Å²) < 4.78 is 51.1. The van der Waals surface area contributed by atoms with Crippen LogP contribution in [0.15, 0.2) is 22.7 Å². The van der Waals surface area contributed by atoms with Crippen molar-refractivity contribution in [1.82, 2.24) is 15.0 Å². The summed E-state index contributed by atoms with van der Waals surface area (Å²) in [6, 6.07) is 3.70. The molecule has 3 rings (SSSR count). The molecule has 0 bridgehead atoms. The Morgan fingerprint density at radius 3 is 2.65 bits per heavy atom. The second kappa shape index (κ2) is 6.55. The molecule has 0 saturated carbocycles. The van der Waals surface area contributed by atoms with Gasteiger partial charge in [-0.2, -0.15) is 18.2 Å². The molecule has 6 nitrogen and oxygen atoms in total. The average molecular weight is 370 g/mol. The van der Waals surface area contributed by atoms with Crippen LogP contribution in [0, 0.1) is 0 Å². The lowest BCUT2D eigenvalue weighted by Crippen LogP contribution is -2.39. The highest BCUT2D eigenvalue weighted by atomic mass is 19.4. The van der Waals surface area contributed by atoms with Gasteiger partial charge in [-0.1, -0.05) is 5.16 Å².